The highest BCUT2D eigenvalue weighted by molar-refractivity contribution is 8.26. The minimum absolute atomic E-state index is 0.158. The van der Waals surface area contributed by atoms with Crippen LogP contribution in [0.3, 0.4) is 0 Å². The standard InChI is InChI=1S/C24H24N2O5S2/c1-3-31-19-8-5-4-7-18(19)25-21(27)9-6-14-26-22(28)20(33-24(26)32)15-16-10-12-17(13-11-16)23(29)30-2/h4-5,7-8,10-13,15H,3,6,9,14H2,1-2H3,(H,25,27). The number of esters is 1. The van der Waals surface area contributed by atoms with E-state index in [-0.39, 0.29) is 18.2 Å². The first-order valence-electron chi connectivity index (χ1n) is 10.4. The monoisotopic (exact) mass is 484 g/mol. The number of thiocarbonyl (C=S) groups is 1. The zero-order chi connectivity index (χ0) is 23.8. The molecule has 0 atom stereocenters. The maximum Gasteiger partial charge on any atom is 0.337 e. The second-order valence-corrected chi connectivity index (χ2v) is 8.70. The Bertz CT molecular complexity index is 1080. The zero-order valence-electron chi connectivity index (χ0n) is 18.3. The first-order valence-corrected chi connectivity index (χ1v) is 11.6. The lowest BCUT2D eigenvalue weighted by atomic mass is 10.1. The summed E-state index contributed by atoms with van der Waals surface area (Å²) in [5.74, 6) is -0.147. The molecule has 0 spiro atoms. The van der Waals surface area contributed by atoms with Crippen LogP contribution in [0.4, 0.5) is 5.69 Å². The number of carbonyl (C=O) groups is 3. The molecule has 9 heteroatoms. The molecule has 0 saturated carbocycles. The molecule has 7 nitrogen and oxygen atoms in total. The maximum absolute atomic E-state index is 12.8. The molecule has 1 heterocycles. The Hall–Kier alpha value is -3.17. The van der Waals surface area contributed by atoms with E-state index >= 15 is 0 Å². The van der Waals surface area contributed by atoms with Gasteiger partial charge in [-0.05, 0) is 49.2 Å². The number of para-hydroxylation sites is 2. The van der Waals surface area contributed by atoms with E-state index in [1.54, 1.807) is 42.5 Å². The summed E-state index contributed by atoms with van der Waals surface area (Å²) >= 11 is 6.58. The van der Waals surface area contributed by atoms with Crippen LogP contribution in [0.25, 0.3) is 6.08 Å². The number of nitrogens with zero attached hydrogens (tertiary/aromatic N) is 1. The lowest BCUT2D eigenvalue weighted by Gasteiger charge is -2.14. The summed E-state index contributed by atoms with van der Waals surface area (Å²) in [6, 6.07) is 14.0. The van der Waals surface area contributed by atoms with Crippen LogP contribution in [0, 0.1) is 0 Å². The van der Waals surface area contributed by atoms with Gasteiger partial charge in [0.15, 0.2) is 0 Å². The Morgan fingerprint density at radius 3 is 2.58 bits per heavy atom. The van der Waals surface area contributed by atoms with Gasteiger partial charge in [0.1, 0.15) is 10.1 Å². The summed E-state index contributed by atoms with van der Waals surface area (Å²) < 4.78 is 10.7. The van der Waals surface area contributed by atoms with Crippen molar-refractivity contribution in [3.63, 3.8) is 0 Å². The first kappa shape index (κ1) is 24.5. The van der Waals surface area contributed by atoms with E-state index in [0.717, 1.165) is 5.56 Å². The second kappa shape index (κ2) is 11.6. The maximum atomic E-state index is 12.8. The van der Waals surface area contributed by atoms with Crippen molar-refractivity contribution in [2.45, 2.75) is 19.8 Å². The summed E-state index contributed by atoms with van der Waals surface area (Å²) in [7, 11) is 1.32. The molecule has 1 saturated heterocycles. The number of amides is 2. The van der Waals surface area contributed by atoms with Gasteiger partial charge in [-0.25, -0.2) is 4.79 Å². The van der Waals surface area contributed by atoms with Crippen LogP contribution in [0.2, 0.25) is 0 Å². The number of hydrogen-bond donors (Lipinski definition) is 1. The number of hydrogen-bond acceptors (Lipinski definition) is 7. The predicted molar refractivity (Wildman–Crippen MR) is 133 cm³/mol. The van der Waals surface area contributed by atoms with Crippen LogP contribution in [-0.2, 0) is 14.3 Å². The largest absolute Gasteiger partial charge is 0.492 e. The van der Waals surface area contributed by atoms with Gasteiger partial charge in [-0.15, -0.1) is 0 Å². The Kier molecular flexibility index (Phi) is 8.62. The molecule has 0 bridgehead atoms. The van der Waals surface area contributed by atoms with Crippen LogP contribution in [0.5, 0.6) is 5.75 Å². The van der Waals surface area contributed by atoms with Crippen molar-refractivity contribution in [1.82, 2.24) is 4.90 Å². The molecule has 2 amide bonds. The third kappa shape index (κ3) is 6.43. The molecule has 33 heavy (non-hydrogen) atoms. The van der Waals surface area contributed by atoms with Crippen molar-refractivity contribution >= 4 is 57.8 Å². The fourth-order valence-corrected chi connectivity index (χ4v) is 4.45. The van der Waals surface area contributed by atoms with Crippen molar-refractivity contribution in [2.24, 2.45) is 0 Å². The molecule has 172 valence electrons. The van der Waals surface area contributed by atoms with Crippen molar-refractivity contribution in [3.05, 3.63) is 64.6 Å². The molecule has 0 aromatic heterocycles. The topological polar surface area (TPSA) is 84.9 Å². The summed E-state index contributed by atoms with van der Waals surface area (Å²) in [4.78, 5) is 38.7. The Labute approximate surface area is 202 Å². The van der Waals surface area contributed by atoms with Gasteiger partial charge in [0.05, 0.1) is 29.9 Å². The molecule has 1 N–H and O–H groups in total. The highest BCUT2D eigenvalue weighted by Crippen LogP contribution is 2.33. The normalized spacial score (nSPS) is 14.5. The molecule has 0 aliphatic carbocycles. The highest BCUT2D eigenvalue weighted by Gasteiger charge is 2.31. The second-order valence-electron chi connectivity index (χ2n) is 7.03. The summed E-state index contributed by atoms with van der Waals surface area (Å²) in [6.07, 6.45) is 2.44. The van der Waals surface area contributed by atoms with Crippen LogP contribution in [0.15, 0.2) is 53.4 Å². The molecule has 1 fully saturated rings. The fourth-order valence-electron chi connectivity index (χ4n) is 3.14. The number of benzene rings is 2. The van der Waals surface area contributed by atoms with Crippen molar-refractivity contribution in [3.8, 4) is 5.75 Å². The van der Waals surface area contributed by atoms with Gasteiger partial charge in [0.25, 0.3) is 5.91 Å². The quantitative estimate of drug-likeness (QED) is 0.319. The Morgan fingerprint density at radius 2 is 1.88 bits per heavy atom. The zero-order valence-corrected chi connectivity index (χ0v) is 20.0. The van der Waals surface area contributed by atoms with Gasteiger partial charge in [-0.2, -0.15) is 0 Å². The van der Waals surface area contributed by atoms with Crippen molar-refractivity contribution in [1.29, 1.82) is 0 Å². The number of anilines is 1. The van der Waals surface area contributed by atoms with E-state index in [2.05, 4.69) is 10.1 Å². The Balaban J connectivity index is 1.54. The minimum Gasteiger partial charge on any atom is -0.492 e. The van der Waals surface area contributed by atoms with E-state index in [1.807, 2.05) is 19.1 Å². The van der Waals surface area contributed by atoms with Gasteiger partial charge in [-0.1, -0.05) is 48.2 Å². The molecule has 1 aliphatic rings. The fraction of sp³-hybridized carbons (Fsp3) is 0.250. The summed E-state index contributed by atoms with van der Waals surface area (Å²) in [5.41, 5.74) is 1.83. The van der Waals surface area contributed by atoms with Crippen molar-refractivity contribution < 1.29 is 23.9 Å². The molecule has 2 aromatic rings. The summed E-state index contributed by atoms with van der Waals surface area (Å²) in [6.45, 7) is 2.74. The number of nitrogens with one attached hydrogen (secondary N) is 1. The van der Waals surface area contributed by atoms with E-state index < -0.39 is 5.97 Å². The molecule has 3 rings (SSSR count). The number of carbonyl (C=O) groups excluding carboxylic acids is 3. The summed E-state index contributed by atoms with van der Waals surface area (Å²) in [5, 5.41) is 2.85. The lowest BCUT2D eigenvalue weighted by molar-refractivity contribution is -0.122. The van der Waals surface area contributed by atoms with E-state index in [1.165, 1.54) is 23.8 Å². The molecule has 0 radical (unpaired) electrons. The molecule has 0 unspecified atom stereocenters. The average Bonchev–Trinajstić information content (AvgIpc) is 3.07. The number of thioether (sulfide) groups is 1. The first-order chi connectivity index (χ1) is 15.9. The predicted octanol–water partition coefficient (Wildman–Crippen LogP) is 4.49. The van der Waals surface area contributed by atoms with Crippen molar-refractivity contribution in [2.75, 3.05) is 25.6 Å². The van der Waals surface area contributed by atoms with Gasteiger partial charge in [0.2, 0.25) is 5.91 Å². The van der Waals surface area contributed by atoms with Gasteiger partial charge < -0.3 is 14.8 Å². The highest BCUT2D eigenvalue weighted by atomic mass is 32.2. The molecule has 2 aromatic carbocycles. The van der Waals surface area contributed by atoms with E-state index in [0.29, 0.717) is 45.8 Å². The van der Waals surface area contributed by atoms with E-state index in [9.17, 15) is 14.4 Å². The number of methoxy groups -OCH3 is 1. The Morgan fingerprint density at radius 1 is 1.15 bits per heavy atom. The third-order valence-electron chi connectivity index (χ3n) is 4.75. The van der Waals surface area contributed by atoms with E-state index in [4.69, 9.17) is 17.0 Å². The van der Waals surface area contributed by atoms with Gasteiger partial charge in [0, 0.05) is 13.0 Å². The lowest BCUT2D eigenvalue weighted by Crippen LogP contribution is -2.29. The third-order valence-corrected chi connectivity index (χ3v) is 6.13. The van der Waals surface area contributed by atoms with Crippen LogP contribution in [0.1, 0.15) is 35.7 Å². The average molecular weight is 485 g/mol. The van der Waals surface area contributed by atoms with Gasteiger partial charge >= 0.3 is 5.97 Å². The minimum atomic E-state index is -0.418. The molecular formula is C24H24N2O5S2. The molecule has 1 aliphatic heterocycles. The molecular weight excluding hydrogens is 460 g/mol. The van der Waals surface area contributed by atoms with Crippen LogP contribution in [-0.4, -0.2) is 47.3 Å². The van der Waals surface area contributed by atoms with Crippen LogP contribution < -0.4 is 10.1 Å². The number of ether oxygens (including phenoxy) is 2. The smallest absolute Gasteiger partial charge is 0.337 e. The van der Waals surface area contributed by atoms with Crippen LogP contribution >= 0.6 is 24.0 Å². The van der Waals surface area contributed by atoms with Gasteiger partial charge in [-0.3, -0.25) is 14.5 Å². The number of rotatable bonds is 9. The SMILES string of the molecule is CCOc1ccccc1NC(=O)CCCN1C(=O)C(=Cc2ccc(C(=O)OC)cc2)SC1=S.